The van der Waals surface area contributed by atoms with Crippen LogP contribution in [0, 0.1) is 6.92 Å². The fourth-order valence-corrected chi connectivity index (χ4v) is 7.90. The summed E-state index contributed by atoms with van der Waals surface area (Å²) in [6.07, 6.45) is 3.48. The average molecular weight is 791 g/mol. The van der Waals surface area contributed by atoms with Gasteiger partial charge in [0.05, 0.1) is 18.4 Å². The topological polar surface area (TPSA) is 105 Å². The lowest BCUT2D eigenvalue weighted by Gasteiger charge is -2.36. The maximum Gasteiger partial charge on any atom is 0.337 e. The predicted molar refractivity (Wildman–Crippen MR) is 234 cm³/mol. The number of hydrogen-bond donors (Lipinski definition) is 0. The van der Waals surface area contributed by atoms with Gasteiger partial charge in [0.2, 0.25) is 5.88 Å². The Morgan fingerprint density at radius 3 is 1.82 bits per heavy atom. The smallest absolute Gasteiger partial charge is 0.337 e. The molecule has 298 valence electrons. The maximum atomic E-state index is 12.0. The maximum absolute atomic E-state index is 12.0. The van der Waals surface area contributed by atoms with Crippen molar-refractivity contribution >= 4 is 5.97 Å². The van der Waals surface area contributed by atoms with Crippen LogP contribution in [0.15, 0.2) is 164 Å². The van der Waals surface area contributed by atoms with Crippen molar-refractivity contribution in [3.05, 3.63) is 214 Å². The SMILES string of the molecule is CCCCc1nc(C)nc(OCc2ccc(C(=O)OC)cc2)c1Cc1ccc(-c2ccccc2-c2nnnn2C(c2ccccc2)(c2ccccc2)c2ccccc2)cc1. The van der Waals surface area contributed by atoms with Gasteiger partial charge in [-0.05, 0) is 81.3 Å². The van der Waals surface area contributed by atoms with Crippen molar-refractivity contribution in [1.82, 2.24) is 30.2 Å². The number of aryl methyl sites for hydroxylation is 2. The van der Waals surface area contributed by atoms with Gasteiger partial charge in [0.25, 0.3) is 0 Å². The summed E-state index contributed by atoms with van der Waals surface area (Å²) in [5.41, 5.74) is 9.68. The van der Waals surface area contributed by atoms with E-state index in [1.807, 2.05) is 48.0 Å². The van der Waals surface area contributed by atoms with Gasteiger partial charge >= 0.3 is 5.97 Å². The van der Waals surface area contributed by atoms with E-state index >= 15 is 0 Å². The molecule has 0 aliphatic rings. The Morgan fingerprint density at radius 2 is 1.23 bits per heavy atom. The van der Waals surface area contributed by atoms with Crippen LogP contribution >= 0.6 is 0 Å². The molecule has 8 rings (SSSR count). The van der Waals surface area contributed by atoms with E-state index in [1.54, 1.807) is 12.1 Å². The highest BCUT2D eigenvalue weighted by Gasteiger charge is 2.42. The highest BCUT2D eigenvalue weighted by molar-refractivity contribution is 5.89. The van der Waals surface area contributed by atoms with Crippen LogP contribution in [0.3, 0.4) is 0 Å². The lowest BCUT2D eigenvalue weighted by Crippen LogP contribution is -2.39. The normalized spacial score (nSPS) is 11.3. The summed E-state index contributed by atoms with van der Waals surface area (Å²) in [5, 5.41) is 13.9. The number of unbranched alkanes of at least 4 members (excludes halogenated alkanes) is 1. The molecule has 0 saturated heterocycles. The Bertz CT molecular complexity index is 2570. The van der Waals surface area contributed by atoms with Gasteiger partial charge in [0.1, 0.15) is 18.0 Å². The van der Waals surface area contributed by atoms with E-state index in [0.29, 0.717) is 36.1 Å². The van der Waals surface area contributed by atoms with E-state index in [1.165, 1.54) is 7.11 Å². The molecular formula is C51H46N6O3. The number of ether oxygens (including phenoxy) is 2. The molecule has 6 aromatic carbocycles. The number of benzene rings is 6. The van der Waals surface area contributed by atoms with Crippen LogP contribution in [0.4, 0.5) is 0 Å². The first kappa shape index (κ1) is 39.6. The number of aromatic nitrogens is 6. The minimum absolute atomic E-state index is 0.299. The van der Waals surface area contributed by atoms with Crippen molar-refractivity contribution in [3.8, 4) is 28.4 Å². The summed E-state index contributed by atoms with van der Waals surface area (Å²) in [6, 6.07) is 55.5. The second-order valence-electron chi connectivity index (χ2n) is 14.7. The number of hydrogen-bond acceptors (Lipinski definition) is 8. The molecule has 0 unspecified atom stereocenters. The molecule has 0 amide bonds. The monoisotopic (exact) mass is 790 g/mol. The van der Waals surface area contributed by atoms with E-state index in [0.717, 1.165) is 75.0 Å². The second kappa shape index (κ2) is 18.1. The highest BCUT2D eigenvalue weighted by atomic mass is 16.5. The zero-order chi connectivity index (χ0) is 41.3. The third-order valence-corrected chi connectivity index (χ3v) is 10.9. The quantitative estimate of drug-likeness (QED) is 0.0747. The molecule has 0 radical (unpaired) electrons. The zero-order valence-corrected chi connectivity index (χ0v) is 34.0. The number of carbonyl (C=O) groups is 1. The number of tetrazole rings is 1. The molecule has 0 fully saturated rings. The van der Waals surface area contributed by atoms with Crippen LogP contribution in [-0.2, 0) is 29.7 Å². The summed E-state index contributed by atoms with van der Waals surface area (Å²) in [7, 11) is 1.38. The minimum atomic E-state index is -0.878. The van der Waals surface area contributed by atoms with Gasteiger partial charge < -0.3 is 9.47 Å². The van der Waals surface area contributed by atoms with Crippen LogP contribution in [0.2, 0.25) is 0 Å². The first-order valence-corrected chi connectivity index (χ1v) is 20.3. The summed E-state index contributed by atoms with van der Waals surface area (Å²) >= 11 is 0. The Labute approximate surface area is 350 Å². The fraction of sp³-hybridized carbons (Fsp3) is 0.176. The van der Waals surface area contributed by atoms with Gasteiger partial charge in [-0.2, -0.15) is 4.98 Å². The van der Waals surface area contributed by atoms with E-state index in [-0.39, 0.29) is 5.97 Å². The first-order chi connectivity index (χ1) is 29.5. The van der Waals surface area contributed by atoms with Crippen LogP contribution in [0.25, 0.3) is 22.5 Å². The van der Waals surface area contributed by atoms with Crippen molar-refractivity contribution in [2.24, 2.45) is 0 Å². The van der Waals surface area contributed by atoms with Crippen molar-refractivity contribution < 1.29 is 14.3 Å². The van der Waals surface area contributed by atoms with Gasteiger partial charge in [-0.3, -0.25) is 0 Å². The molecule has 9 heteroatoms. The molecule has 60 heavy (non-hydrogen) atoms. The summed E-state index contributed by atoms with van der Waals surface area (Å²) < 4.78 is 13.3. The third kappa shape index (κ3) is 8.07. The van der Waals surface area contributed by atoms with Crippen LogP contribution in [0.5, 0.6) is 5.88 Å². The number of rotatable bonds is 15. The molecule has 0 saturated carbocycles. The number of esters is 1. The van der Waals surface area contributed by atoms with Crippen molar-refractivity contribution in [1.29, 1.82) is 0 Å². The third-order valence-electron chi connectivity index (χ3n) is 10.9. The van der Waals surface area contributed by atoms with Crippen LogP contribution in [0.1, 0.15) is 75.0 Å². The Hall–Kier alpha value is -7.26. The number of carbonyl (C=O) groups excluding carboxylic acids is 1. The molecule has 0 spiro atoms. The lowest BCUT2D eigenvalue weighted by atomic mass is 9.77. The van der Waals surface area contributed by atoms with Crippen LogP contribution < -0.4 is 4.74 Å². The van der Waals surface area contributed by atoms with Crippen molar-refractivity contribution in [2.45, 2.75) is 51.7 Å². The molecule has 2 heterocycles. The van der Waals surface area contributed by atoms with E-state index in [9.17, 15) is 4.79 Å². The second-order valence-corrected chi connectivity index (χ2v) is 14.7. The van der Waals surface area contributed by atoms with Gasteiger partial charge in [-0.15, -0.1) is 5.10 Å². The summed E-state index contributed by atoms with van der Waals surface area (Å²) in [6.45, 7) is 4.39. The number of nitrogens with zero attached hydrogens (tertiary/aromatic N) is 6. The van der Waals surface area contributed by atoms with Crippen molar-refractivity contribution in [2.75, 3.05) is 7.11 Å². The first-order valence-electron chi connectivity index (χ1n) is 20.3. The van der Waals surface area contributed by atoms with Gasteiger partial charge in [-0.25, -0.2) is 14.5 Å². The van der Waals surface area contributed by atoms with E-state index in [2.05, 4.69) is 127 Å². The molecule has 9 nitrogen and oxygen atoms in total. The molecular weight excluding hydrogens is 745 g/mol. The van der Waals surface area contributed by atoms with Gasteiger partial charge in [0, 0.05) is 17.5 Å². The molecule has 0 aliphatic heterocycles. The molecule has 2 aromatic heterocycles. The molecule has 0 bridgehead atoms. The van der Waals surface area contributed by atoms with Gasteiger partial charge in [0.15, 0.2) is 5.82 Å². The number of methoxy groups -OCH3 is 1. The molecule has 0 N–H and O–H groups in total. The summed E-state index contributed by atoms with van der Waals surface area (Å²) in [5.74, 6) is 1.52. The fourth-order valence-electron chi connectivity index (χ4n) is 7.90. The average Bonchev–Trinajstić information content (AvgIpc) is 3.80. The Morgan fingerprint density at radius 1 is 0.667 bits per heavy atom. The van der Waals surface area contributed by atoms with Gasteiger partial charge in [-0.1, -0.05) is 165 Å². The minimum Gasteiger partial charge on any atom is -0.472 e. The molecule has 0 aliphatic carbocycles. The largest absolute Gasteiger partial charge is 0.472 e. The standard InChI is InChI=1S/C51H46N6O3/c1-4-5-25-47-46(49(53-36(2)52-47)60-35-38-28-32-40(33-29-38)50(58)59-3)34-37-26-30-39(31-27-37)44-23-15-16-24-45(44)48-54-55-56-57(48)51(41-17-9-6-10-18-41,42-19-11-7-12-20-42)43-21-13-8-14-22-43/h6-24,26-33H,4-5,25,34-35H2,1-3H3. The van der Waals surface area contributed by atoms with Crippen molar-refractivity contribution in [3.63, 3.8) is 0 Å². The molecule has 0 atom stereocenters. The van der Waals surface area contributed by atoms with E-state index in [4.69, 9.17) is 29.8 Å². The Balaban J connectivity index is 1.15. The Kier molecular flexibility index (Phi) is 11.9. The zero-order valence-electron chi connectivity index (χ0n) is 34.0. The predicted octanol–water partition coefficient (Wildman–Crippen LogP) is 10.2. The lowest BCUT2D eigenvalue weighted by molar-refractivity contribution is 0.0600. The summed E-state index contributed by atoms with van der Waals surface area (Å²) in [4.78, 5) is 21.7. The highest BCUT2D eigenvalue weighted by Crippen LogP contribution is 2.43. The molecule has 8 aromatic rings. The van der Waals surface area contributed by atoms with Crippen LogP contribution in [-0.4, -0.2) is 43.3 Å². The van der Waals surface area contributed by atoms with E-state index < -0.39 is 5.54 Å².